The Morgan fingerprint density at radius 1 is 1.16 bits per heavy atom. The van der Waals surface area contributed by atoms with Gasteiger partial charge in [0.05, 0.1) is 4.90 Å². The highest BCUT2D eigenvalue weighted by Crippen LogP contribution is 2.20. The van der Waals surface area contributed by atoms with Crippen molar-refractivity contribution >= 4 is 22.4 Å². The number of nitrogens with two attached hydrogens (primary N) is 1. The number of rotatable bonds is 3. The van der Waals surface area contributed by atoms with Gasteiger partial charge in [0.1, 0.15) is 0 Å². The first-order valence-electron chi connectivity index (χ1n) is 6.32. The maximum atomic E-state index is 12.3. The Balaban J connectivity index is 0.00000180. The highest BCUT2D eigenvalue weighted by molar-refractivity contribution is 7.89. The molecule has 19 heavy (non-hydrogen) atoms. The topological polar surface area (TPSA) is 72.2 Å². The van der Waals surface area contributed by atoms with Gasteiger partial charge in [0.25, 0.3) is 0 Å². The summed E-state index contributed by atoms with van der Waals surface area (Å²) in [5.41, 5.74) is 6.59. The fourth-order valence-corrected chi connectivity index (χ4v) is 3.93. The Morgan fingerprint density at radius 3 is 2.32 bits per heavy atom. The molecule has 4 nitrogen and oxygen atoms in total. The van der Waals surface area contributed by atoms with E-state index in [1.165, 1.54) is 0 Å². The summed E-state index contributed by atoms with van der Waals surface area (Å²) in [5, 5.41) is 0. The van der Waals surface area contributed by atoms with Crippen molar-refractivity contribution in [3.05, 3.63) is 29.8 Å². The van der Waals surface area contributed by atoms with Crippen molar-refractivity contribution in [1.29, 1.82) is 0 Å². The molecule has 0 amide bonds. The Bertz CT molecular complexity index is 511. The van der Waals surface area contributed by atoms with E-state index in [0.29, 0.717) is 4.90 Å². The Kier molecular flexibility index (Phi) is 5.80. The molecule has 0 saturated heterocycles. The molecular formula is C13H21ClN2O2S. The van der Waals surface area contributed by atoms with Crippen LogP contribution in [-0.2, 0) is 10.0 Å². The van der Waals surface area contributed by atoms with Crippen LogP contribution in [0.2, 0.25) is 0 Å². The predicted molar refractivity (Wildman–Crippen MR) is 79.0 cm³/mol. The standard InChI is InChI=1S/C13H20N2O2S.ClH/c1-10-4-2-3-5-13(10)18(16,17)15-12-8-6-11(14)7-9-12;/h2-5,11-12,15H,6-9,14H2,1H3;1H. The summed E-state index contributed by atoms with van der Waals surface area (Å²) in [5.74, 6) is 0. The van der Waals surface area contributed by atoms with Gasteiger partial charge in [-0.05, 0) is 44.2 Å². The van der Waals surface area contributed by atoms with Crippen molar-refractivity contribution in [1.82, 2.24) is 4.72 Å². The molecular weight excluding hydrogens is 284 g/mol. The van der Waals surface area contributed by atoms with Crippen molar-refractivity contribution in [3.8, 4) is 0 Å². The SMILES string of the molecule is Cc1ccccc1S(=O)(=O)NC1CCC(N)CC1.Cl. The van der Waals surface area contributed by atoms with Crippen LogP contribution in [0.4, 0.5) is 0 Å². The zero-order valence-corrected chi connectivity index (χ0v) is 12.6. The summed E-state index contributed by atoms with van der Waals surface area (Å²) in [6.07, 6.45) is 3.43. The van der Waals surface area contributed by atoms with Crippen LogP contribution in [0.1, 0.15) is 31.2 Å². The fraction of sp³-hybridized carbons (Fsp3) is 0.538. The van der Waals surface area contributed by atoms with Gasteiger partial charge in [-0.25, -0.2) is 13.1 Å². The zero-order chi connectivity index (χ0) is 13.2. The molecule has 1 aliphatic carbocycles. The van der Waals surface area contributed by atoms with Crippen LogP contribution < -0.4 is 10.5 Å². The lowest BCUT2D eigenvalue weighted by Crippen LogP contribution is -2.40. The molecule has 108 valence electrons. The first-order chi connectivity index (χ1) is 8.49. The lowest BCUT2D eigenvalue weighted by Gasteiger charge is -2.26. The number of aryl methyl sites for hydroxylation is 1. The summed E-state index contributed by atoms with van der Waals surface area (Å²) in [4.78, 5) is 0.375. The second-order valence-corrected chi connectivity index (χ2v) is 6.68. The zero-order valence-electron chi connectivity index (χ0n) is 11.0. The molecule has 0 aliphatic heterocycles. The molecule has 0 unspecified atom stereocenters. The van der Waals surface area contributed by atoms with Crippen molar-refractivity contribution < 1.29 is 8.42 Å². The summed E-state index contributed by atoms with van der Waals surface area (Å²) >= 11 is 0. The third-order valence-electron chi connectivity index (χ3n) is 3.48. The normalized spacial score (nSPS) is 23.7. The van der Waals surface area contributed by atoms with Crippen LogP contribution in [0, 0.1) is 6.92 Å². The molecule has 1 aromatic carbocycles. The third kappa shape index (κ3) is 4.18. The maximum absolute atomic E-state index is 12.3. The first-order valence-corrected chi connectivity index (χ1v) is 7.81. The van der Waals surface area contributed by atoms with Crippen molar-refractivity contribution in [3.63, 3.8) is 0 Å². The predicted octanol–water partition coefficient (Wildman–Crippen LogP) is 1.97. The minimum absolute atomic E-state index is 0. The average Bonchev–Trinajstić information content (AvgIpc) is 2.32. The molecule has 1 aliphatic rings. The monoisotopic (exact) mass is 304 g/mol. The van der Waals surface area contributed by atoms with E-state index < -0.39 is 10.0 Å². The summed E-state index contributed by atoms with van der Waals surface area (Å²) < 4.78 is 27.3. The number of benzene rings is 1. The van der Waals surface area contributed by atoms with Gasteiger partial charge in [0.15, 0.2) is 0 Å². The first kappa shape index (κ1) is 16.4. The number of halogens is 1. The van der Waals surface area contributed by atoms with Crippen molar-refractivity contribution in [2.45, 2.75) is 49.6 Å². The molecule has 0 spiro atoms. The van der Waals surface area contributed by atoms with E-state index in [9.17, 15) is 8.42 Å². The van der Waals surface area contributed by atoms with Gasteiger partial charge in [-0.1, -0.05) is 18.2 Å². The van der Waals surface area contributed by atoms with E-state index >= 15 is 0 Å². The molecule has 2 rings (SSSR count). The van der Waals surface area contributed by atoms with Gasteiger partial charge in [-0.15, -0.1) is 12.4 Å². The largest absolute Gasteiger partial charge is 0.328 e. The molecule has 0 bridgehead atoms. The van der Waals surface area contributed by atoms with Crippen molar-refractivity contribution in [2.75, 3.05) is 0 Å². The van der Waals surface area contributed by atoms with Crippen LogP contribution in [0.3, 0.4) is 0 Å². The minimum atomic E-state index is -3.40. The van der Waals surface area contributed by atoms with Gasteiger partial charge >= 0.3 is 0 Å². The smallest absolute Gasteiger partial charge is 0.241 e. The number of nitrogens with one attached hydrogen (secondary N) is 1. The minimum Gasteiger partial charge on any atom is -0.328 e. The van der Waals surface area contributed by atoms with Crippen LogP contribution in [-0.4, -0.2) is 20.5 Å². The molecule has 3 N–H and O–H groups in total. The van der Waals surface area contributed by atoms with Crippen LogP contribution in [0.5, 0.6) is 0 Å². The third-order valence-corrected chi connectivity index (χ3v) is 5.16. The molecule has 1 saturated carbocycles. The summed E-state index contributed by atoms with van der Waals surface area (Å²) in [6, 6.07) is 7.29. The molecule has 1 aromatic rings. The molecule has 6 heteroatoms. The number of hydrogen-bond acceptors (Lipinski definition) is 3. The van der Waals surface area contributed by atoms with E-state index in [-0.39, 0.29) is 24.5 Å². The van der Waals surface area contributed by atoms with Gasteiger partial charge in [-0.3, -0.25) is 0 Å². The highest BCUT2D eigenvalue weighted by atomic mass is 35.5. The lowest BCUT2D eigenvalue weighted by atomic mass is 9.93. The van der Waals surface area contributed by atoms with Crippen molar-refractivity contribution in [2.24, 2.45) is 5.73 Å². The van der Waals surface area contributed by atoms with E-state index in [0.717, 1.165) is 31.2 Å². The second-order valence-electron chi connectivity index (χ2n) is 5.00. The van der Waals surface area contributed by atoms with Gasteiger partial charge in [0, 0.05) is 12.1 Å². The Morgan fingerprint density at radius 2 is 1.74 bits per heavy atom. The van der Waals surface area contributed by atoms with E-state index in [1.54, 1.807) is 12.1 Å². The molecule has 1 fully saturated rings. The average molecular weight is 305 g/mol. The van der Waals surface area contributed by atoms with E-state index in [2.05, 4.69) is 4.72 Å². The molecule has 0 heterocycles. The molecule has 0 atom stereocenters. The second kappa shape index (κ2) is 6.70. The summed E-state index contributed by atoms with van der Waals surface area (Å²) in [6.45, 7) is 1.81. The molecule has 0 aromatic heterocycles. The van der Waals surface area contributed by atoms with Crippen LogP contribution >= 0.6 is 12.4 Å². The highest BCUT2D eigenvalue weighted by Gasteiger charge is 2.24. The quantitative estimate of drug-likeness (QED) is 0.896. The van der Waals surface area contributed by atoms with E-state index in [4.69, 9.17) is 5.73 Å². The number of hydrogen-bond donors (Lipinski definition) is 2. The number of sulfonamides is 1. The Hall–Kier alpha value is -0.620. The Labute approximate surface area is 121 Å². The van der Waals surface area contributed by atoms with Gasteiger partial charge in [0.2, 0.25) is 10.0 Å². The summed E-state index contributed by atoms with van der Waals surface area (Å²) in [7, 11) is -3.40. The van der Waals surface area contributed by atoms with E-state index in [1.807, 2.05) is 19.1 Å². The lowest BCUT2D eigenvalue weighted by molar-refractivity contribution is 0.373. The fourth-order valence-electron chi connectivity index (χ4n) is 2.38. The van der Waals surface area contributed by atoms with Crippen LogP contribution in [0.15, 0.2) is 29.2 Å². The van der Waals surface area contributed by atoms with Gasteiger partial charge in [-0.2, -0.15) is 0 Å². The molecule has 0 radical (unpaired) electrons. The van der Waals surface area contributed by atoms with Crippen LogP contribution in [0.25, 0.3) is 0 Å². The maximum Gasteiger partial charge on any atom is 0.241 e. The van der Waals surface area contributed by atoms with Gasteiger partial charge < -0.3 is 5.73 Å².